The number of thioether (sulfide) groups is 1. The van der Waals surface area contributed by atoms with Crippen LogP contribution in [0.15, 0.2) is 5.16 Å². The van der Waals surface area contributed by atoms with Crippen LogP contribution in [0.3, 0.4) is 0 Å². The van der Waals surface area contributed by atoms with Gasteiger partial charge < -0.3 is 0 Å². The Labute approximate surface area is 98.4 Å². The van der Waals surface area contributed by atoms with Crippen LogP contribution in [-0.2, 0) is 7.05 Å². The molecule has 0 radical (unpaired) electrons. The van der Waals surface area contributed by atoms with Crippen LogP contribution in [-0.4, -0.2) is 37.5 Å². The fourth-order valence-corrected chi connectivity index (χ4v) is 2.22. The van der Waals surface area contributed by atoms with Crippen molar-refractivity contribution in [2.75, 3.05) is 5.75 Å². The molecule has 1 unspecified atom stereocenters. The summed E-state index contributed by atoms with van der Waals surface area (Å²) in [6.45, 7) is 1.92. The molecule has 0 amide bonds. The zero-order valence-corrected chi connectivity index (χ0v) is 10.2. The van der Waals surface area contributed by atoms with E-state index in [2.05, 4.69) is 26.9 Å². The number of nitriles is 1. The van der Waals surface area contributed by atoms with Crippen molar-refractivity contribution in [3.05, 3.63) is 0 Å². The predicted octanol–water partition coefficient (Wildman–Crippen LogP) is 0.336. The van der Waals surface area contributed by atoms with E-state index in [1.54, 1.807) is 11.7 Å². The fourth-order valence-electron chi connectivity index (χ4n) is 1.34. The predicted molar refractivity (Wildman–Crippen MR) is 59.7 cm³/mol. The Kier molecular flexibility index (Phi) is 3.12. The van der Waals surface area contributed by atoms with Crippen LogP contribution < -0.4 is 5.32 Å². The van der Waals surface area contributed by atoms with Crippen LogP contribution in [0.25, 0.3) is 0 Å². The molecule has 0 spiro atoms. The minimum atomic E-state index is -0.502. The van der Waals surface area contributed by atoms with Crippen molar-refractivity contribution in [2.45, 2.75) is 36.5 Å². The Balaban J connectivity index is 1.92. The monoisotopic (exact) mass is 238 g/mol. The number of nitrogens with zero attached hydrogens (tertiary/aromatic N) is 5. The minimum Gasteiger partial charge on any atom is -0.296 e. The molecule has 1 N–H and O–H groups in total. The van der Waals surface area contributed by atoms with Gasteiger partial charge in [-0.15, -0.1) is 5.10 Å². The van der Waals surface area contributed by atoms with Crippen molar-refractivity contribution in [2.24, 2.45) is 7.05 Å². The van der Waals surface area contributed by atoms with Crippen LogP contribution in [0.1, 0.15) is 19.8 Å². The second kappa shape index (κ2) is 4.39. The summed E-state index contributed by atoms with van der Waals surface area (Å²) >= 11 is 1.50. The van der Waals surface area contributed by atoms with Gasteiger partial charge in [0.25, 0.3) is 0 Å². The average Bonchev–Trinajstić information content (AvgIpc) is 2.97. The molecule has 1 saturated carbocycles. The number of aromatic nitrogens is 4. The summed E-state index contributed by atoms with van der Waals surface area (Å²) in [6.07, 6.45) is 2.35. The highest BCUT2D eigenvalue weighted by Crippen LogP contribution is 2.25. The van der Waals surface area contributed by atoms with Gasteiger partial charge in [0.1, 0.15) is 5.54 Å². The zero-order chi connectivity index (χ0) is 11.6. The van der Waals surface area contributed by atoms with Gasteiger partial charge in [-0.05, 0) is 30.2 Å². The van der Waals surface area contributed by atoms with Gasteiger partial charge in [0.2, 0.25) is 5.16 Å². The first kappa shape index (κ1) is 11.4. The Morgan fingerprint density at radius 2 is 2.44 bits per heavy atom. The molecule has 1 heterocycles. The molecule has 1 aliphatic rings. The van der Waals surface area contributed by atoms with Gasteiger partial charge in [0, 0.05) is 18.8 Å². The van der Waals surface area contributed by atoms with Crippen molar-refractivity contribution in [1.29, 1.82) is 5.26 Å². The highest BCUT2D eigenvalue weighted by Gasteiger charge is 2.32. The number of aryl methyl sites for hydroxylation is 1. The SMILES string of the molecule is Cn1nnnc1SCC(C)(C#N)NC1CC1. The third-order valence-corrected chi connectivity index (χ3v) is 3.74. The van der Waals surface area contributed by atoms with E-state index >= 15 is 0 Å². The third-order valence-electron chi connectivity index (χ3n) is 2.42. The molecule has 1 atom stereocenters. The molecule has 1 fully saturated rings. The summed E-state index contributed by atoms with van der Waals surface area (Å²) in [7, 11) is 1.79. The summed E-state index contributed by atoms with van der Waals surface area (Å²) in [6, 6.07) is 2.84. The van der Waals surface area contributed by atoms with Crippen molar-refractivity contribution in [3.63, 3.8) is 0 Å². The van der Waals surface area contributed by atoms with Crippen molar-refractivity contribution in [3.8, 4) is 6.07 Å². The number of nitrogens with one attached hydrogen (secondary N) is 1. The molecule has 0 aromatic carbocycles. The van der Waals surface area contributed by atoms with Crippen LogP contribution in [0.2, 0.25) is 0 Å². The van der Waals surface area contributed by atoms with Gasteiger partial charge in [-0.1, -0.05) is 11.8 Å². The molecule has 16 heavy (non-hydrogen) atoms. The van der Waals surface area contributed by atoms with Crippen molar-refractivity contribution in [1.82, 2.24) is 25.5 Å². The number of hydrogen-bond acceptors (Lipinski definition) is 6. The second-order valence-electron chi connectivity index (χ2n) is 4.24. The van der Waals surface area contributed by atoms with Gasteiger partial charge in [0.05, 0.1) is 6.07 Å². The van der Waals surface area contributed by atoms with Gasteiger partial charge in [0.15, 0.2) is 0 Å². The standard InChI is InChI=1S/C9H14N6S/c1-9(5-10,11-7-3-4-7)6-16-8-12-13-14-15(8)2/h7,11H,3-4,6H2,1-2H3. The summed E-state index contributed by atoms with van der Waals surface area (Å²) in [5.74, 6) is 0.647. The summed E-state index contributed by atoms with van der Waals surface area (Å²) in [4.78, 5) is 0. The highest BCUT2D eigenvalue weighted by molar-refractivity contribution is 7.99. The van der Waals surface area contributed by atoms with Crippen LogP contribution >= 0.6 is 11.8 Å². The molecule has 7 heteroatoms. The van der Waals surface area contributed by atoms with Gasteiger partial charge in [-0.25, -0.2) is 4.68 Å². The van der Waals surface area contributed by atoms with Crippen LogP contribution in [0.5, 0.6) is 0 Å². The first-order valence-corrected chi connectivity index (χ1v) is 6.16. The van der Waals surface area contributed by atoms with E-state index in [-0.39, 0.29) is 0 Å². The molecule has 0 bridgehead atoms. The molecule has 1 aromatic heterocycles. The summed E-state index contributed by atoms with van der Waals surface area (Å²) in [5, 5.41) is 24.4. The Morgan fingerprint density at radius 3 is 2.94 bits per heavy atom. The Hall–Kier alpha value is -1.13. The molecule has 6 nitrogen and oxygen atoms in total. The normalized spacial score (nSPS) is 19.1. The van der Waals surface area contributed by atoms with E-state index in [9.17, 15) is 5.26 Å². The topological polar surface area (TPSA) is 79.4 Å². The smallest absolute Gasteiger partial charge is 0.209 e. The average molecular weight is 238 g/mol. The summed E-state index contributed by atoms with van der Waals surface area (Å²) in [5.41, 5.74) is -0.502. The van der Waals surface area contributed by atoms with E-state index in [4.69, 9.17) is 0 Å². The molecule has 0 aliphatic heterocycles. The fraction of sp³-hybridized carbons (Fsp3) is 0.778. The number of hydrogen-bond donors (Lipinski definition) is 1. The first-order valence-electron chi connectivity index (χ1n) is 5.17. The lowest BCUT2D eigenvalue weighted by atomic mass is 10.1. The molecule has 2 rings (SSSR count). The van der Waals surface area contributed by atoms with E-state index < -0.39 is 5.54 Å². The third kappa shape index (κ3) is 2.71. The molecule has 1 aromatic rings. The van der Waals surface area contributed by atoms with E-state index in [0.29, 0.717) is 11.8 Å². The van der Waals surface area contributed by atoms with Crippen molar-refractivity contribution >= 4 is 11.8 Å². The lowest BCUT2D eigenvalue weighted by Crippen LogP contribution is -2.44. The summed E-state index contributed by atoms with van der Waals surface area (Å²) < 4.78 is 1.61. The van der Waals surface area contributed by atoms with Crippen LogP contribution in [0.4, 0.5) is 0 Å². The maximum Gasteiger partial charge on any atom is 0.209 e. The van der Waals surface area contributed by atoms with E-state index in [1.807, 2.05) is 6.92 Å². The molecular weight excluding hydrogens is 224 g/mol. The van der Waals surface area contributed by atoms with E-state index in [1.165, 1.54) is 24.6 Å². The maximum atomic E-state index is 9.18. The number of tetrazole rings is 1. The molecule has 0 saturated heterocycles. The lowest BCUT2D eigenvalue weighted by molar-refractivity contribution is 0.490. The Morgan fingerprint density at radius 1 is 1.69 bits per heavy atom. The molecular formula is C9H14N6S. The lowest BCUT2D eigenvalue weighted by Gasteiger charge is -2.22. The first-order chi connectivity index (χ1) is 7.63. The largest absolute Gasteiger partial charge is 0.296 e. The van der Waals surface area contributed by atoms with Crippen LogP contribution in [0, 0.1) is 11.3 Å². The second-order valence-corrected chi connectivity index (χ2v) is 5.18. The zero-order valence-electron chi connectivity index (χ0n) is 9.34. The van der Waals surface area contributed by atoms with Gasteiger partial charge >= 0.3 is 0 Å². The van der Waals surface area contributed by atoms with Crippen molar-refractivity contribution < 1.29 is 0 Å². The number of rotatable bonds is 5. The van der Waals surface area contributed by atoms with Gasteiger partial charge in [-0.2, -0.15) is 5.26 Å². The minimum absolute atomic E-state index is 0.502. The highest BCUT2D eigenvalue weighted by atomic mass is 32.2. The quantitative estimate of drug-likeness (QED) is 0.745. The Bertz CT molecular complexity index is 406. The molecule has 1 aliphatic carbocycles. The van der Waals surface area contributed by atoms with E-state index in [0.717, 1.165) is 5.16 Å². The van der Waals surface area contributed by atoms with Gasteiger partial charge in [-0.3, -0.25) is 5.32 Å². The molecule has 86 valence electrons. The maximum absolute atomic E-state index is 9.18.